The van der Waals surface area contributed by atoms with Gasteiger partial charge in [0.15, 0.2) is 0 Å². The highest BCUT2D eigenvalue weighted by Gasteiger charge is 2.23. The van der Waals surface area contributed by atoms with Gasteiger partial charge in [-0.05, 0) is 26.8 Å². The van der Waals surface area contributed by atoms with Gasteiger partial charge in [-0.25, -0.2) is 0 Å². The second-order valence-electron chi connectivity index (χ2n) is 4.22. The van der Waals surface area contributed by atoms with Crippen LogP contribution in [0.25, 0.3) is 0 Å². The van der Waals surface area contributed by atoms with E-state index < -0.39 is 5.97 Å². The second kappa shape index (κ2) is 4.99. The number of carbonyl (C=O) groups excluding carboxylic acids is 1. The lowest BCUT2D eigenvalue weighted by Gasteiger charge is -2.24. The minimum absolute atomic E-state index is 0.172. The molecular weight excluding hydrogens is 222 g/mol. The van der Waals surface area contributed by atoms with Crippen LogP contribution in [-0.4, -0.2) is 44.3 Å². The molecule has 1 rings (SSSR count). The van der Waals surface area contributed by atoms with Gasteiger partial charge in [-0.1, -0.05) is 0 Å². The van der Waals surface area contributed by atoms with Crippen molar-refractivity contribution in [2.45, 2.75) is 26.8 Å². The van der Waals surface area contributed by atoms with Crippen molar-refractivity contribution in [3.05, 3.63) is 17.5 Å². The molecule has 0 unspecified atom stereocenters. The Morgan fingerprint density at radius 1 is 1.53 bits per heavy atom. The van der Waals surface area contributed by atoms with E-state index in [9.17, 15) is 9.59 Å². The van der Waals surface area contributed by atoms with Crippen molar-refractivity contribution in [3.8, 4) is 0 Å². The third kappa shape index (κ3) is 3.05. The molecule has 6 nitrogen and oxygen atoms in total. The zero-order valence-electron chi connectivity index (χ0n) is 10.5. The molecule has 0 aliphatic heterocycles. The molecule has 1 aromatic rings. The summed E-state index contributed by atoms with van der Waals surface area (Å²) in [5, 5.41) is 12.9. The smallest absolute Gasteiger partial charge is 0.323 e. The highest BCUT2D eigenvalue weighted by molar-refractivity contribution is 5.94. The molecule has 1 aromatic heterocycles. The van der Waals surface area contributed by atoms with E-state index in [0.717, 1.165) is 5.69 Å². The lowest BCUT2D eigenvalue weighted by molar-refractivity contribution is -0.138. The zero-order valence-corrected chi connectivity index (χ0v) is 10.5. The SMILES string of the molecule is Cc1cc(C(=O)N(CC(=O)O)C(C)C)n(C)n1. The van der Waals surface area contributed by atoms with Crippen LogP contribution in [0.15, 0.2) is 6.07 Å². The van der Waals surface area contributed by atoms with Crippen LogP contribution in [-0.2, 0) is 11.8 Å². The molecule has 0 saturated heterocycles. The van der Waals surface area contributed by atoms with Gasteiger partial charge in [0.2, 0.25) is 0 Å². The molecule has 0 aliphatic rings. The lowest BCUT2D eigenvalue weighted by Crippen LogP contribution is -2.41. The monoisotopic (exact) mass is 239 g/mol. The van der Waals surface area contributed by atoms with Crippen molar-refractivity contribution in [1.82, 2.24) is 14.7 Å². The van der Waals surface area contributed by atoms with Gasteiger partial charge in [-0.3, -0.25) is 14.3 Å². The van der Waals surface area contributed by atoms with Crippen molar-refractivity contribution < 1.29 is 14.7 Å². The molecule has 0 bridgehead atoms. The maximum Gasteiger partial charge on any atom is 0.323 e. The van der Waals surface area contributed by atoms with Crippen LogP contribution >= 0.6 is 0 Å². The molecule has 1 N–H and O–H groups in total. The van der Waals surface area contributed by atoms with Crippen LogP contribution in [0.5, 0.6) is 0 Å². The summed E-state index contributed by atoms with van der Waals surface area (Å²) in [6.07, 6.45) is 0. The topological polar surface area (TPSA) is 75.4 Å². The normalized spacial score (nSPS) is 10.6. The number of carboxylic acid groups (broad SMARTS) is 1. The van der Waals surface area contributed by atoms with Crippen molar-refractivity contribution in [3.63, 3.8) is 0 Å². The summed E-state index contributed by atoms with van der Waals surface area (Å²) >= 11 is 0. The number of carbonyl (C=O) groups is 2. The van der Waals surface area contributed by atoms with Crippen molar-refractivity contribution in [2.24, 2.45) is 7.05 Å². The summed E-state index contributed by atoms with van der Waals surface area (Å²) in [6.45, 7) is 5.04. The lowest BCUT2D eigenvalue weighted by atomic mass is 10.2. The molecule has 0 saturated carbocycles. The fourth-order valence-corrected chi connectivity index (χ4v) is 1.59. The average molecular weight is 239 g/mol. The Kier molecular flexibility index (Phi) is 3.88. The number of hydrogen-bond donors (Lipinski definition) is 1. The molecular formula is C11H17N3O3. The van der Waals surface area contributed by atoms with Gasteiger partial charge in [0.1, 0.15) is 12.2 Å². The third-order valence-corrected chi connectivity index (χ3v) is 2.41. The molecule has 6 heteroatoms. The number of carboxylic acids is 1. The number of aromatic nitrogens is 2. The maximum atomic E-state index is 12.2. The van der Waals surface area contributed by atoms with Crippen LogP contribution in [0.1, 0.15) is 30.0 Å². The van der Waals surface area contributed by atoms with Gasteiger partial charge in [-0.15, -0.1) is 0 Å². The Hall–Kier alpha value is -1.85. The summed E-state index contributed by atoms with van der Waals surface area (Å²) in [7, 11) is 1.67. The summed E-state index contributed by atoms with van der Waals surface area (Å²) < 4.78 is 1.47. The molecule has 0 radical (unpaired) electrons. The van der Waals surface area contributed by atoms with Gasteiger partial charge < -0.3 is 10.0 Å². The predicted molar refractivity (Wildman–Crippen MR) is 61.8 cm³/mol. The highest BCUT2D eigenvalue weighted by Crippen LogP contribution is 2.09. The number of amides is 1. The van der Waals surface area contributed by atoms with E-state index in [-0.39, 0.29) is 18.5 Å². The van der Waals surface area contributed by atoms with Gasteiger partial charge in [-0.2, -0.15) is 5.10 Å². The second-order valence-corrected chi connectivity index (χ2v) is 4.22. The highest BCUT2D eigenvalue weighted by atomic mass is 16.4. The van der Waals surface area contributed by atoms with Crippen LogP contribution in [0.4, 0.5) is 0 Å². The van der Waals surface area contributed by atoms with E-state index in [4.69, 9.17) is 5.11 Å². The van der Waals surface area contributed by atoms with Crippen LogP contribution in [0.3, 0.4) is 0 Å². The maximum absolute atomic E-state index is 12.2. The Labute approximate surface area is 99.8 Å². The molecule has 0 atom stereocenters. The average Bonchev–Trinajstić information content (AvgIpc) is 2.52. The van der Waals surface area contributed by atoms with Crippen LogP contribution in [0.2, 0.25) is 0 Å². The zero-order chi connectivity index (χ0) is 13.2. The molecule has 17 heavy (non-hydrogen) atoms. The first-order valence-electron chi connectivity index (χ1n) is 5.36. The predicted octanol–water partition coefficient (Wildman–Crippen LogP) is 0.664. The van der Waals surface area contributed by atoms with Gasteiger partial charge in [0.05, 0.1) is 5.69 Å². The number of hydrogen-bond acceptors (Lipinski definition) is 3. The van der Waals surface area contributed by atoms with E-state index in [2.05, 4.69) is 5.10 Å². The number of aryl methyl sites for hydroxylation is 2. The first kappa shape index (κ1) is 13.2. The van der Waals surface area contributed by atoms with E-state index in [1.54, 1.807) is 33.9 Å². The van der Waals surface area contributed by atoms with Gasteiger partial charge in [0.25, 0.3) is 5.91 Å². The fourth-order valence-electron chi connectivity index (χ4n) is 1.59. The van der Waals surface area contributed by atoms with Crippen LogP contribution in [0, 0.1) is 6.92 Å². The van der Waals surface area contributed by atoms with E-state index in [0.29, 0.717) is 5.69 Å². The van der Waals surface area contributed by atoms with E-state index in [1.165, 1.54) is 9.58 Å². The van der Waals surface area contributed by atoms with Crippen molar-refractivity contribution >= 4 is 11.9 Å². The first-order valence-corrected chi connectivity index (χ1v) is 5.36. The minimum Gasteiger partial charge on any atom is -0.480 e. The summed E-state index contributed by atoms with van der Waals surface area (Å²) in [5.41, 5.74) is 1.13. The summed E-state index contributed by atoms with van der Waals surface area (Å²) in [4.78, 5) is 24.2. The molecule has 1 heterocycles. The van der Waals surface area contributed by atoms with Gasteiger partial charge in [0, 0.05) is 13.1 Å². The van der Waals surface area contributed by atoms with Crippen molar-refractivity contribution in [2.75, 3.05) is 6.54 Å². The first-order chi connectivity index (χ1) is 7.82. The number of nitrogens with zero attached hydrogens (tertiary/aromatic N) is 3. The molecule has 0 fully saturated rings. The van der Waals surface area contributed by atoms with E-state index >= 15 is 0 Å². The Morgan fingerprint density at radius 3 is 2.47 bits per heavy atom. The Morgan fingerprint density at radius 2 is 2.12 bits per heavy atom. The number of aliphatic carboxylic acids is 1. The Bertz CT molecular complexity index is 437. The molecule has 0 spiro atoms. The molecule has 0 aliphatic carbocycles. The Balaban J connectivity index is 2.99. The van der Waals surface area contributed by atoms with Crippen LogP contribution < -0.4 is 0 Å². The largest absolute Gasteiger partial charge is 0.480 e. The van der Waals surface area contributed by atoms with E-state index in [1.807, 2.05) is 0 Å². The van der Waals surface area contributed by atoms with Crippen molar-refractivity contribution in [1.29, 1.82) is 0 Å². The summed E-state index contributed by atoms with van der Waals surface area (Å²) in [6, 6.07) is 1.48. The molecule has 1 amide bonds. The molecule has 94 valence electrons. The summed E-state index contributed by atoms with van der Waals surface area (Å²) in [5.74, 6) is -1.34. The minimum atomic E-state index is -1.02. The van der Waals surface area contributed by atoms with Gasteiger partial charge >= 0.3 is 5.97 Å². The standard InChI is InChI=1S/C11H17N3O3/c1-7(2)14(6-10(15)16)11(17)9-5-8(3)12-13(9)4/h5,7H,6H2,1-4H3,(H,15,16). The quantitative estimate of drug-likeness (QED) is 0.837. The number of rotatable bonds is 4. The third-order valence-electron chi connectivity index (χ3n) is 2.41. The fraction of sp³-hybridized carbons (Fsp3) is 0.545. The molecule has 0 aromatic carbocycles.